The molecule has 1 saturated heterocycles. The second-order valence-corrected chi connectivity index (χ2v) is 8.14. The van der Waals surface area contributed by atoms with E-state index in [2.05, 4.69) is 20.8 Å². The Bertz CT molecular complexity index is 528. The third kappa shape index (κ3) is 2.19. The highest BCUT2D eigenvalue weighted by molar-refractivity contribution is 6.05. The van der Waals surface area contributed by atoms with Gasteiger partial charge in [0, 0.05) is 13.0 Å². The number of Topliss-reactive ketones (excluding diaryl/α,β-unsaturated/α-hetero) is 1. The number of esters is 1. The quantitative estimate of drug-likeness (QED) is 0.589. The van der Waals surface area contributed by atoms with E-state index in [4.69, 9.17) is 14.2 Å². The Balaban J connectivity index is 2.05. The Morgan fingerprint density at radius 3 is 2.61 bits per heavy atom. The SMILES string of the molecule is CCOC(=O)[C@H]1C(=O)[C@]2(OC)COC(C)(C)C3CC[C@@]1(C)C[C@@H]32. The molecule has 3 rings (SSSR count). The van der Waals surface area contributed by atoms with Gasteiger partial charge in [0.2, 0.25) is 0 Å². The van der Waals surface area contributed by atoms with Crippen molar-refractivity contribution in [2.24, 2.45) is 23.2 Å². The number of carbonyl (C=O) groups excluding carboxylic acids is 2. The summed E-state index contributed by atoms with van der Waals surface area (Å²) in [5, 5.41) is 0. The summed E-state index contributed by atoms with van der Waals surface area (Å²) in [6.07, 6.45) is 2.60. The topological polar surface area (TPSA) is 61.8 Å². The molecule has 5 heteroatoms. The molecular formula is C18H28O5. The van der Waals surface area contributed by atoms with Crippen LogP contribution in [0.3, 0.4) is 0 Å². The molecule has 1 heterocycles. The van der Waals surface area contributed by atoms with Crippen molar-refractivity contribution in [3.63, 3.8) is 0 Å². The van der Waals surface area contributed by atoms with Gasteiger partial charge < -0.3 is 14.2 Å². The van der Waals surface area contributed by atoms with Crippen LogP contribution in [0.15, 0.2) is 0 Å². The summed E-state index contributed by atoms with van der Waals surface area (Å²) >= 11 is 0. The van der Waals surface area contributed by atoms with Crippen molar-refractivity contribution in [1.82, 2.24) is 0 Å². The van der Waals surface area contributed by atoms with Crippen molar-refractivity contribution < 1.29 is 23.8 Å². The minimum absolute atomic E-state index is 0.105. The Morgan fingerprint density at radius 2 is 2.00 bits per heavy atom. The van der Waals surface area contributed by atoms with Crippen molar-refractivity contribution in [2.45, 2.75) is 58.2 Å². The van der Waals surface area contributed by atoms with Crippen LogP contribution in [0.2, 0.25) is 0 Å². The average molecular weight is 324 g/mol. The first kappa shape index (κ1) is 16.9. The van der Waals surface area contributed by atoms with Crippen LogP contribution in [-0.2, 0) is 23.8 Å². The monoisotopic (exact) mass is 324 g/mol. The molecule has 3 fully saturated rings. The molecular weight excluding hydrogens is 296 g/mol. The predicted octanol–water partition coefficient (Wildman–Crippen LogP) is 2.36. The van der Waals surface area contributed by atoms with E-state index in [0.29, 0.717) is 0 Å². The van der Waals surface area contributed by atoms with E-state index in [-0.39, 0.29) is 41.8 Å². The second kappa shape index (κ2) is 5.28. The zero-order chi connectivity index (χ0) is 17.0. The van der Waals surface area contributed by atoms with Crippen LogP contribution in [0.1, 0.15) is 47.0 Å². The maximum Gasteiger partial charge on any atom is 0.317 e. The van der Waals surface area contributed by atoms with E-state index in [9.17, 15) is 9.59 Å². The number of ketones is 1. The van der Waals surface area contributed by atoms with Crippen LogP contribution in [-0.4, -0.2) is 43.3 Å². The summed E-state index contributed by atoms with van der Waals surface area (Å²) in [5.74, 6) is -0.912. The third-order valence-electron chi connectivity index (χ3n) is 6.61. The molecule has 0 radical (unpaired) electrons. The molecule has 23 heavy (non-hydrogen) atoms. The van der Waals surface area contributed by atoms with Gasteiger partial charge in [-0.2, -0.15) is 0 Å². The fourth-order valence-corrected chi connectivity index (χ4v) is 5.27. The zero-order valence-corrected chi connectivity index (χ0v) is 14.8. The summed E-state index contributed by atoms with van der Waals surface area (Å²) in [6.45, 7) is 8.54. The molecule has 0 N–H and O–H groups in total. The van der Waals surface area contributed by atoms with Gasteiger partial charge >= 0.3 is 5.97 Å². The standard InChI is InChI=1S/C18H28O5/c1-6-22-15(20)13-14(19)18(21-5)10-23-16(2,3)11-7-8-17(13,4)9-12(11)18/h11-13H,6-10H2,1-5H3/t11?,12-,13+,17-,18-/m0/s1. The van der Waals surface area contributed by atoms with Crippen LogP contribution in [0.25, 0.3) is 0 Å². The molecule has 1 aliphatic heterocycles. The van der Waals surface area contributed by atoms with E-state index in [1.54, 1.807) is 14.0 Å². The van der Waals surface area contributed by atoms with Crippen molar-refractivity contribution in [1.29, 1.82) is 0 Å². The lowest BCUT2D eigenvalue weighted by Crippen LogP contribution is -2.71. The summed E-state index contributed by atoms with van der Waals surface area (Å²) < 4.78 is 17.0. The van der Waals surface area contributed by atoms with Gasteiger partial charge in [-0.15, -0.1) is 0 Å². The van der Waals surface area contributed by atoms with E-state index in [0.717, 1.165) is 19.3 Å². The molecule has 0 amide bonds. The van der Waals surface area contributed by atoms with Gasteiger partial charge in [-0.1, -0.05) is 6.92 Å². The fraction of sp³-hybridized carbons (Fsp3) is 0.889. The number of methoxy groups -OCH3 is 1. The molecule has 0 aromatic heterocycles. The lowest BCUT2D eigenvalue weighted by molar-refractivity contribution is -0.260. The Kier molecular flexibility index (Phi) is 3.88. The highest BCUT2D eigenvalue weighted by Gasteiger charge is 2.69. The van der Waals surface area contributed by atoms with Crippen LogP contribution in [0, 0.1) is 23.2 Å². The van der Waals surface area contributed by atoms with Crippen LogP contribution in [0.5, 0.6) is 0 Å². The molecule has 130 valence electrons. The minimum atomic E-state index is -1.00. The average Bonchev–Trinajstić information content (AvgIpc) is 2.47. The van der Waals surface area contributed by atoms with Crippen molar-refractivity contribution >= 4 is 11.8 Å². The van der Waals surface area contributed by atoms with Gasteiger partial charge in [0.05, 0.1) is 18.8 Å². The molecule has 0 aromatic rings. The first-order chi connectivity index (χ1) is 10.7. The maximum atomic E-state index is 13.3. The zero-order valence-electron chi connectivity index (χ0n) is 14.8. The largest absolute Gasteiger partial charge is 0.465 e. The summed E-state index contributed by atoms with van der Waals surface area (Å²) in [5.41, 5.74) is -1.59. The highest BCUT2D eigenvalue weighted by Crippen LogP contribution is 2.61. The first-order valence-electron chi connectivity index (χ1n) is 8.62. The number of fused-ring (bicyclic) bond motifs is 1. The number of hydrogen-bond acceptors (Lipinski definition) is 5. The Labute approximate surface area is 138 Å². The lowest BCUT2D eigenvalue weighted by Gasteiger charge is -2.62. The van der Waals surface area contributed by atoms with E-state index < -0.39 is 17.5 Å². The molecule has 2 bridgehead atoms. The third-order valence-corrected chi connectivity index (χ3v) is 6.61. The minimum Gasteiger partial charge on any atom is -0.465 e. The highest BCUT2D eigenvalue weighted by atomic mass is 16.6. The summed E-state index contributed by atoms with van der Waals surface area (Å²) in [7, 11) is 1.57. The molecule has 2 aliphatic carbocycles. The predicted molar refractivity (Wildman–Crippen MR) is 83.8 cm³/mol. The first-order valence-corrected chi connectivity index (χ1v) is 8.62. The van der Waals surface area contributed by atoms with E-state index in [1.807, 2.05) is 0 Å². The van der Waals surface area contributed by atoms with Crippen LogP contribution in [0.4, 0.5) is 0 Å². The maximum absolute atomic E-state index is 13.3. The summed E-state index contributed by atoms with van der Waals surface area (Å²) in [4.78, 5) is 25.9. The number of ether oxygens (including phenoxy) is 3. The van der Waals surface area contributed by atoms with Crippen LogP contribution < -0.4 is 0 Å². The molecule has 2 saturated carbocycles. The number of carbonyl (C=O) groups is 2. The van der Waals surface area contributed by atoms with Gasteiger partial charge in [-0.05, 0) is 51.4 Å². The molecule has 3 aliphatic rings. The molecule has 0 aromatic carbocycles. The molecule has 0 spiro atoms. The van der Waals surface area contributed by atoms with Crippen molar-refractivity contribution in [3.8, 4) is 0 Å². The Hall–Kier alpha value is -0.940. The van der Waals surface area contributed by atoms with Crippen LogP contribution >= 0.6 is 0 Å². The van der Waals surface area contributed by atoms with Gasteiger partial charge in [0.15, 0.2) is 11.4 Å². The van der Waals surface area contributed by atoms with Gasteiger partial charge in [0.25, 0.3) is 0 Å². The number of hydrogen-bond donors (Lipinski definition) is 0. The van der Waals surface area contributed by atoms with E-state index >= 15 is 0 Å². The normalized spacial score (nSPS) is 44.7. The van der Waals surface area contributed by atoms with Gasteiger partial charge in [0.1, 0.15) is 5.92 Å². The smallest absolute Gasteiger partial charge is 0.317 e. The molecule has 1 unspecified atom stereocenters. The summed E-state index contributed by atoms with van der Waals surface area (Å²) in [6, 6.07) is 0. The number of rotatable bonds is 3. The molecule has 5 atom stereocenters. The molecule has 5 nitrogen and oxygen atoms in total. The fourth-order valence-electron chi connectivity index (χ4n) is 5.27. The second-order valence-electron chi connectivity index (χ2n) is 8.14. The van der Waals surface area contributed by atoms with Gasteiger partial charge in [-0.25, -0.2) is 0 Å². The Morgan fingerprint density at radius 1 is 1.30 bits per heavy atom. The van der Waals surface area contributed by atoms with Gasteiger partial charge in [-0.3, -0.25) is 9.59 Å². The van der Waals surface area contributed by atoms with E-state index in [1.165, 1.54) is 0 Å². The van der Waals surface area contributed by atoms with Crippen molar-refractivity contribution in [2.75, 3.05) is 20.3 Å². The van der Waals surface area contributed by atoms with Crippen molar-refractivity contribution in [3.05, 3.63) is 0 Å². The lowest BCUT2D eigenvalue weighted by atomic mass is 9.47.